The van der Waals surface area contributed by atoms with E-state index in [1.807, 2.05) is 6.07 Å². The zero-order valence-electron chi connectivity index (χ0n) is 14.7. The molecule has 10 heteroatoms. The van der Waals surface area contributed by atoms with Gasteiger partial charge in [0.25, 0.3) is 5.91 Å². The average Bonchev–Trinajstić information content (AvgIpc) is 3.20. The molecular formula is C19H13FN4O4S. The van der Waals surface area contributed by atoms with Gasteiger partial charge in [0, 0.05) is 22.8 Å². The van der Waals surface area contributed by atoms with Gasteiger partial charge < -0.3 is 9.84 Å². The van der Waals surface area contributed by atoms with Crippen LogP contribution < -0.4 is 5.32 Å². The van der Waals surface area contributed by atoms with Crippen LogP contribution in [0.4, 0.5) is 10.1 Å². The molecule has 1 amide bonds. The van der Waals surface area contributed by atoms with Crippen LogP contribution in [0.2, 0.25) is 0 Å². The monoisotopic (exact) mass is 412 g/mol. The van der Waals surface area contributed by atoms with Crippen molar-refractivity contribution in [1.29, 1.82) is 0 Å². The summed E-state index contributed by atoms with van der Waals surface area (Å²) in [6.45, 7) is 0. The lowest BCUT2D eigenvalue weighted by atomic mass is 10.1. The summed E-state index contributed by atoms with van der Waals surface area (Å²) < 4.78 is 43.7. The van der Waals surface area contributed by atoms with Gasteiger partial charge in [-0.15, -0.1) is 0 Å². The van der Waals surface area contributed by atoms with Gasteiger partial charge in [-0.1, -0.05) is 11.2 Å². The van der Waals surface area contributed by atoms with E-state index in [0.29, 0.717) is 5.69 Å². The topological polar surface area (TPSA) is 115 Å². The lowest BCUT2D eigenvalue weighted by Crippen LogP contribution is -2.14. The molecule has 146 valence electrons. The normalized spacial score (nSPS) is 11.5. The highest BCUT2D eigenvalue weighted by Gasteiger charge is 2.24. The first-order chi connectivity index (χ1) is 13.9. The van der Waals surface area contributed by atoms with Crippen LogP contribution in [0.25, 0.3) is 10.9 Å². The van der Waals surface area contributed by atoms with Crippen LogP contribution >= 0.6 is 0 Å². The molecule has 0 saturated heterocycles. The lowest BCUT2D eigenvalue weighted by molar-refractivity contribution is 0.102. The molecule has 4 rings (SSSR count). The van der Waals surface area contributed by atoms with Crippen molar-refractivity contribution in [3.05, 3.63) is 78.3 Å². The summed E-state index contributed by atoms with van der Waals surface area (Å²) in [6, 6.07) is 11.9. The second kappa shape index (κ2) is 7.40. The molecule has 0 unspecified atom stereocenters. The molecule has 0 fully saturated rings. The minimum Gasteiger partial charge on any atom is -0.343 e. The minimum absolute atomic E-state index is 0.00984. The number of carbonyl (C=O) groups is 1. The molecule has 0 spiro atoms. The van der Waals surface area contributed by atoms with Crippen molar-refractivity contribution in [2.45, 2.75) is 10.6 Å². The number of sulfone groups is 1. The molecule has 0 radical (unpaired) electrons. The number of nitrogens with zero attached hydrogens (tertiary/aromatic N) is 3. The molecule has 0 saturated carbocycles. The quantitative estimate of drug-likeness (QED) is 0.536. The standard InChI is InChI=1S/C19H13FN4O4S/c20-15-5-3-13(9-17(15)29(26,27)10-18-22-11-28-24-18)19(25)23-14-4-6-16-12(8-14)2-1-7-21-16/h1-9,11H,10H2,(H,23,25). The molecule has 8 nitrogen and oxygen atoms in total. The van der Waals surface area contributed by atoms with Crippen LogP contribution in [0.5, 0.6) is 0 Å². The van der Waals surface area contributed by atoms with Gasteiger partial charge in [0.1, 0.15) is 16.5 Å². The van der Waals surface area contributed by atoms with Gasteiger partial charge in [0.2, 0.25) is 6.39 Å². The molecule has 0 aliphatic heterocycles. The average molecular weight is 412 g/mol. The van der Waals surface area contributed by atoms with Crippen LogP contribution in [0.1, 0.15) is 16.2 Å². The number of amides is 1. The lowest BCUT2D eigenvalue weighted by Gasteiger charge is -2.09. The zero-order valence-corrected chi connectivity index (χ0v) is 15.6. The number of rotatable bonds is 5. The fraction of sp³-hybridized carbons (Fsp3) is 0.0526. The second-order valence-electron chi connectivity index (χ2n) is 6.12. The highest BCUT2D eigenvalue weighted by molar-refractivity contribution is 7.90. The predicted molar refractivity (Wildman–Crippen MR) is 101 cm³/mol. The Morgan fingerprint density at radius 3 is 2.76 bits per heavy atom. The van der Waals surface area contributed by atoms with E-state index in [0.717, 1.165) is 29.4 Å². The molecular weight excluding hydrogens is 399 g/mol. The third-order valence-electron chi connectivity index (χ3n) is 4.12. The van der Waals surface area contributed by atoms with E-state index in [1.165, 1.54) is 6.07 Å². The van der Waals surface area contributed by atoms with Crippen molar-refractivity contribution in [2.75, 3.05) is 5.32 Å². The number of halogens is 1. The van der Waals surface area contributed by atoms with Gasteiger partial charge in [0.15, 0.2) is 15.7 Å². The molecule has 1 N–H and O–H groups in total. The van der Waals surface area contributed by atoms with E-state index in [2.05, 4.69) is 25.0 Å². The molecule has 2 heterocycles. The highest BCUT2D eigenvalue weighted by atomic mass is 32.2. The summed E-state index contributed by atoms with van der Waals surface area (Å²) in [5.41, 5.74) is 1.25. The van der Waals surface area contributed by atoms with Gasteiger partial charge in [0.05, 0.1) is 5.52 Å². The molecule has 2 aromatic carbocycles. The maximum atomic E-state index is 14.2. The molecule has 0 aliphatic rings. The smallest absolute Gasteiger partial charge is 0.255 e. The highest BCUT2D eigenvalue weighted by Crippen LogP contribution is 2.22. The number of aromatic nitrogens is 3. The Bertz CT molecular complexity index is 1310. The number of anilines is 1. The van der Waals surface area contributed by atoms with Crippen molar-refractivity contribution >= 4 is 32.3 Å². The van der Waals surface area contributed by atoms with Crippen molar-refractivity contribution in [2.24, 2.45) is 0 Å². The number of nitrogens with one attached hydrogen (secondary N) is 1. The maximum absolute atomic E-state index is 14.2. The Balaban J connectivity index is 1.61. The van der Waals surface area contributed by atoms with Crippen LogP contribution in [-0.4, -0.2) is 29.4 Å². The Morgan fingerprint density at radius 2 is 1.97 bits per heavy atom. The van der Waals surface area contributed by atoms with E-state index in [4.69, 9.17) is 0 Å². The Hall–Kier alpha value is -3.66. The van der Waals surface area contributed by atoms with Crippen LogP contribution in [0, 0.1) is 5.82 Å². The van der Waals surface area contributed by atoms with Gasteiger partial charge >= 0.3 is 0 Å². The first kappa shape index (κ1) is 18.7. The summed E-state index contributed by atoms with van der Waals surface area (Å²) in [6.07, 6.45) is 2.64. The van der Waals surface area contributed by atoms with Crippen molar-refractivity contribution < 1.29 is 22.1 Å². The number of hydrogen-bond acceptors (Lipinski definition) is 7. The number of fused-ring (bicyclic) bond motifs is 1. The van der Waals surface area contributed by atoms with Crippen molar-refractivity contribution in [1.82, 2.24) is 15.1 Å². The fourth-order valence-corrected chi connectivity index (χ4v) is 4.04. The van der Waals surface area contributed by atoms with Gasteiger partial charge in [-0.2, -0.15) is 4.98 Å². The van der Waals surface area contributed by atoms with E-state index in [-0.39, 0.29) is 11.4 Å². The zero-order chi connectivity index (χ0) is 20.4. The number of benzene rings is 2. The summed E-state index contributed by atoms with van der Waals surface area (Å²) >= 11 is 0. The largest absolute Gasteiger partial charge is 0.343 e. The van der Waals surface area contributed by atoms with Gasteiger partial charge in [-0.25, -0.2) is 12.8 Å². The first-order valence-corrected chi connectivity index (χ1v) is 10.0. The predicted octanol–water partition coefficient (Wildman–Crippen LogP) is 2.98. The number of hydrogen-bond donors (Lipinski definition) is 1. The SMILES string of the molecule is O=C(Nc1ccc2ncccc2c1)c1ccc(F)c(S(=O)(=O)Cc2ncon2)c1. The van der Waals surface area contributed by atoms with Gasteiger partial charge in [-0.05, 0) is 42.5 Å². The molecule has 0 atom stereocenters. The van der Waals surface area contributed by atoms with E-state index in [9.17, 15) is 17.6 Å². The van der Waals surface area contributed by atoms with E-state index in [1.54, 1.807) is 30.5 Å². The van der Waals surface area contributed by atoms with Crippen LogP contribution in [0.15, 0.2) is 70.5 Å². The summed E-state index contributed by atoms with van der Waals surface area (Å²) in [4.78, 5) is 19.8. The van der Waals surface area contributed by atoms with Crippen molar-refractivity contribution in [3.63, 3.8) is 0 Å². The van der Waals surface area contributed by atoms with Crippen LogP contribution in [-0.2, 0) is 15.6 Å². The summed E-state index contributed by atoms with van der Waals surface area (Å²) in [7, 11) is -4.12. The molecule has 29 heavy (non-hydrogen) atoms. The Morgan fingerprint density at radius 1 is 1.10 bits per heavy atom. The second-order valence-corrected chi connectivity index (χ2v) is 8.07. The molecule has 0 bridgehead atoms. The summed E-state index contributed by atoms with van der Waals surface area (Å²) in [5.74, 6) is -2.31. The maximum Gasteiger partial charge on any atom is 0.255 e. The molecule has 2 aromatic heterocycles. The minimum atomic E-state index is -4.12. The Labute approximate surface area is 164 Å². The van der Waals surface area contributed by atoms with Crippen LogP contribution in [0.3, 0.4) is 0 Å². The fourth-order valence-electron chi connectivity index (χ4n) is 2.74. The third kappa shape index (κ3) is 3.97. The van der Waals surface area contributed by atoms with Gasteiger partial charge in [-0.3, -0.25) is 9.78 Å². The molecule has 0 aliphatic carbocycles. The van der Waals surface area contributed by atoms with Crippen molar-refractivity contribution in [3.8, 4) is 0 Å². The number of pyridine rings is 1. The third-order valence-corrected chi connectivity index (χ3v) is 5.74. The number of carbonyl (C=O) groups excluding carboxylic acids is 1. The van der Waals surface area contributed by atoms with E-state index >= 15 is 0 Å². The van der Waals surface area contributed by atoms with E-state index < -0.39 is 32.2 Å². The first-order valence-electron chi connectivity index (χ1n) is 8.36. The summed E-state index contributed by atoms with van der Waals surface area (Å²) in [5, 5.41) is 6.92. The Kier molecular flexibility index (Phi) is 4.77. The molecule has 4 aromatic rings.